The molecule has 0 spiro atoms. The molecule has 0 aliphatic heterocycles. The van der Waals surface area contributed by atoms with Gasteiger partial charge in [0, 0.05) is 96.1 Å². The number of benzene rings is 5. The summed E-state index contributed by atoms with van der Waals surface area (Å²) in [5, 5.41) is 11.1. The highest BCUT2D eigenvalue weighted by Gasteiger charge is 2.18. The van der Waals surface area contributed by atoms with Crippen LogP contribution in [0, 0.1) is 33.6 Å². The largest absolute Gasteiger partial charge is 0.497 e. The summed E-state index contributed by atoms with van der Waals surface area (Å²) >= 11 is 43.1. The second-order valence-corrected chi connectivity index (χ2v) is 21.1. The summed E-state index contributed by atoms with van der Waals surface area (Å²) in [5.41, 5.74) is 25.3. The molecular weight excluding hydrogens is 1460 g/mol. The van der Waals surface area contributed by atoms with E-state index in [1.54, 1.807) is 84.3 Å². The average molecular weight is 1570 g/mol. The summed E-state index contributed by atoms with van der Waals surface area (Å²) in [6.07, 6.45) is 5.95. The van der Waals surface area contributed by atoms with E-state index in [-0.39, 0.29) is 102 Å². The standard InChI is InChI=1S/C13H12Cl3N3O2.C10H12ClNO2.C10H13NO2.C8H10ClNO.C8H11NO.C5H3Cl2IN2.C4H9N.10CH4/c1-20-8-3-9(11(14)10(4-8)21-2)17-5-7-6-18-13(16)19-12(7)15;1-6-4-8(14-3)5-9(10(6)11)12-7(2)13;1-7-4-9(11-8(2)12)6-10(5-7)13-3;1-5-3-6(11-2)4-7(10)8(5)9;1-6-3-7(9)5-8(4-6)10-2;6-4-3(1-8)2-9-5(7)10-4;5-3-4-1-2-4;;;;;;;;;;/h3-4,6,17H,5H2,1-2H3;4-5H,1-3H3,(H,12,13);4-6H,1-3H3,(H,11,12);3-4H,10H2,1-2H3;3-5H,9H2,1-2H3;2H,1H2;4H,1-3,5H2;10*1H4. The van der Waals surface area contributed by atoms with Gasteiger partial charge in [-0.05, 0) is 135 Å². The van der Waals surface area contributed by atoms with Gasteiger partial charge in [0.1, 0.15) is 49.8 Å². The van der Waals surface area contributed by atoms with Gasteiger partial charge in [0.25, 0.3) is 0 Å². The van der Waals surface area contributed by atoms with Gasteiger partial charge in [0.05, 0.1) is 69.8 Å². The summed E-state index contributed by atoms with van der Waals surface area (Å²) < 4.78 is 31.3. The van der Waals surface area contributed by atoms with Crippen LogP contribution in [0.2, 0.25) is 35.9 Å². The Bertz CT molecular complexity index is 3200. The van der Waals surface area contributed by atoms with Gasteiger partial charge in [-0.2, -0.15) is 0 Å². The second kappa shape index (κ2) is 56.3. The number of hydrogen-bond acceptors (Lipinski definition) is 16. The molecule has 2 heterocycles. The molecule has 1 aliphatic rings. The van der Waals surface area contributed by atoms with Gasteiger partial charge in [-0.25, -0.2) is 19.9 Å². The molecule has 1 aliphatic carbocycles. The van der Waals surface area contributed by atoms with Crippen molar-refractivity contribution in [1.29, 1.82) is 0 Å². The van der Waals surface area contributed by atoms with Crippen LogP contribution in [0.5, 0.6) is 34.5 Å². The number of halogens is 8. The summed E-state index contributed by atoms with van der Waals surface area (Å²) in [4.78, 5) is 36.9. The Morgan fingerprint density at radius 2 is 0.926 bits per heavy atom. The Balaban J connectivity index is -0.000000129. The van der Waals surface area contributed by atoms with E-state index in [2.05, 4.69) is 58.5 Å². The fourth-order valence-corrected chi connectivity index (χ4v) is 8.55. The number of hydrogen-bond donors (Lipinski definition) is 6. The van der Waals surface area contributed by atoms with Crippen LogP contribution < -0.4 is 61.6 Å². The van der Waals surface area contributed by atoms with Crippen molar-refractivity contribution in [2.24, 2.45) is 11.7 Å². The van der Waals surface area contributed by atoms with Crippen LogP contribution in [0.1, 0.15) is 134 Å². The molecule has 536 valence electrons. The first-order valence-electron chi connectivity index (χ1n) is 25.1. The van der Waals surface area contributed by atoms with E-state index in [1.807, 2.05) is 64.1 Å². The number of amides is 2. The van der Waals surface area contributed by atoms with Crippen molar-refractivity contribution in [2.75, 3.05) is 76.6 Å². The lowest BCUT2D eigenvalue weighted by molar-refractivity contribution is -0.115. The van der Waals surface area contributed by atoms with E-state index in [0.29, 0.717) is 66.6 Å². The maximum absolute atomic E-state index is 10.9. The zero-order valence-corrected chi connectivity index (χ0v) is 56.0. The van der Waals surface area contributed by atoms with Gasteiger partial charge >= 0.3 is 0 Å². The molecule has 94 heavy (non-hydrogen) atoms. The lowest BCUT2D eigenvalue weighted by Crippen LogP contribution is -2.06. The number of nitrogen functional groups attached to an aromatic ring is 2. The number of methoxy groups -OCH3 is 6. The molecule has 1 saturated carbocycles. The fourth-order valence-electron chi connectivity index (χ4n) is 6.50. The first-order valence-corrected chi connectivity index (χ1v) is 29.2. The van der Waals surface area contributed by atoms with Crippen LogP contribution >= 0.6 is 104 Å². The van der Waals surface area contributed by atoms with Gasteiger partial charge in [-0.3, -0.25) is 9.59 Å². The van der Waals surface area contributed by atoms with Crippen molar-refractivity contribution in [3.8, 4) is 34.5 Å². The molecule has 0 radical (unpaired) electrons. The quantitative estimate of drug-likeness (QED) is 0.0206. The Labute approximate surface area is 614 Å². The van der Waals surface area contributed by atoms with Gasteiger partial charge in [0.15, 0.2) is 0 Å². The Morgan fingerprint density at radius 3 is 1.32 bits per heavy atom. The van der Waals surface area contributed by atoms with Crippen molar-refractivity contribution in [3.63, 3.8) is 0 Å². The fraction of sp³-hybridized carbons (Fsp3) is 0.412. The van der Waals surface area contributed by atoms with Crippen LogP contribution in [0.25, 0.3) is 0 Å². The molecule has 0 atom stereocenters. The SMILES string of the molecule is C.C.C.C.C.C.C.C.C.C.COc1cc(C)c(Cl)c(N)c1.COc1cc(C)c(Cl)c(NC(C)=O)c1.COc1cc(C)cc(N)c1.COc1cc(C)cc(NC(C)=O)c1.COc1cc(NCc2cnc(Cl)nc2Cl)c(Cl)c(OC)c1.Clc1ncc(CI)c(Cl)n1.NCC1CC1. The molecule has 9 N–H and O–H groups in total. The molecule has 8 rings (SSSR count). The number of nitrogens with two attached hydrogens (primary N) is 3. The molecule has 0 bridgehead atoms. The molecule has 18 nitrogen and oxygen atoms in total. The lowest BCUT2D eigenvalue weighted by Gasteiger charge is -2.13. The number of nitrogens with zero attached hydrogens (tertiary/aromatic N) is 4. The number of alkyl halides is 1. The minimum atomic E-state index is -0.153. The third-order valence-electron chi connectivity index (χ3n) is 10.9. The minimum Gasteiger partial charge on any atom is -0.497 e. The number of nitrogens with one attached hydrogen (secondary N) is 3. The maximum Gasteiger partial charge on any atom is 0.223 e. The number of aromatic nitrogens is 4. The number of aryl methyl sites for hydroxylation is 4. The van der Waals surface area contributed by atoms with E-state index in [1.165, 1.54) is 33.8 Å². The molecule has 2 aromatic heterocycles. The lowest BCUT2D eigenvalue weighted by atomic mass is 10.2. The molecule has 0 saturated heterocycles. The number of carbonyl (C=O) groups is 2. The number of carbonyl (C=O) groups excluding carboxylic acids is 2. The molecule has 1 fully saturated rings. The van der Waals surface area contributed by atoms with Crippen molar-refractivity contribution >= 4 is 144 Å². The first kappa shape index (κ1) is 107. The molecule has 5 aromatic carbocycles. The smallest absolute Gasteiger partial charge is 0.223 e. The normalized spacial score (nSPS) is 9.50. The minimum absolute atomic E-state index is 0. The highest BCUT2D eigenvalue weighted by molar-refractivity contribution is 14.1. The zero-order chi connectivity index (χ0) is 63.2. The summed E-state index contributed by atoms with van der Waals surface area (Å²) in [6, 6.07) is 21.7. The van der Waals surface area contributed by atoms with Gasteiger partial charge in [-0.15, -0.1) is 0 Å². The number of ether oxygens (including phenoxy) is 6. The monoisotopic (exact) mass is 1570 g/mol. The van der Waals surface area contributed by atoms with Crippen molar-refractivity contribution < 1.29 is 38.0 Å². The Morgan fingerprint density at radius 1 is 0.511 bits per heavy atom. The van der Waals surface area contributed by atoms with Gasteiger partial charge in [0.2, 0.25) is 22.4 Å². The molecule has 7 aromatic rings. The highest BCUT2D eigenvalue weighted by Crippen LogP contribution is 2.37. The van der Waals surface area contributed by atoms with Crippen molar-refractivity contribution in [2.45, 2.75) is 140 Å². The Kier molecular flexibility index (Phi) is 64.0. The predicted octanol–water partition coefficient (Wildman–Crippen LogP) is 21.9. The van der Waals surface area contributed by atoms with E-state index >= 15 is 0 Å². The van der Waals surface area contributed by atoms with Crippen molar-refractivity contribution in [1.82, 2.24) is 19.9 Å². The van der Waals surface area contributed by atoms with Crippen LogP contribution in [-0.4, -0.2) is 81.0 Å². The average Bonchev–Trinajstić information content (AvgIpc) is 1.01. The third-order valence-corrected chi connectivity index (χ3v) is 14.1. The van der Waals surface area contributed by atoms with Crippen LogP contribution in [-0.2, 0) is 20.6 Å². The first-order chi connectivity index (χ1) is 39.7. The van der Waals surface area contributed by atoms with Crippen molar-refractivity contribution in [3.05, 3.63) is 155 Å². The second-order valence-electron chi connectivity index (χ2n) is 17.8. The molecule has 26 heteroatoms. The van der Waals surface area contributed by atoms with Crippen LogP contribution in [0.4, 0.5) is 28.4 Å². The maximum atomic E-state index is 10.9. The van der Waals surface area contributed by atoms with E-state index < -0.39 is 0 Å². The number of anilines is 5. The summed E-state index contributed by atoms with van der Waals surface area (Å²) in [7, 11) is 9.51. The van der Waals surface area contributed by atoms with Crippen LogP contribution in [0.15, 0.2) is 85.2 Å². The van der Waals surface area contributed by atoms with E-state index in [0.717, 1.165) is 73.3 Å². The summed E-state index contributed by atoms with van der Waals surface area (Å²) in [5.74, 6) is 4.80. The summed E-state index contributed by atoms with van der Waals surface area (Å²) in [6.45, 7) is 11.9. The van der Waals surface area contributed by atoms with Crippen LogP contribution in [0.3, 0.4) is 0 Å². The number of rotatable bonds is 13. The zero-order valence-electron chi connectivity index (χ0n) is 48.5. The van der Waals surface area contributed by atoms with Gasteiger partial charge < -0.3 is 61.6 Å². The molecule has 2 amide bonds. The third kappa shape index (κ3) is 40.5. The molecule has 0 unspecified atom stereocenters. The predicted molar refractivity (Wildman–Crippen MR) is 421 cm³/mol. The van der Waals surface area contributed by atoms with E-state index in [4.69, 9.17) is 127 Å². The molecular formula is C68H110Cl7IN10O8. The van der Waals surface area contributed by atoms with E-state index in [9.17, 15) is 9.59 Å². The Hall–Kier alpha value is -5.88. The highest BCUT2D eigenvalue weighted by atomic mass is 127. The topological polar surface area (TPSA) is 255 Å². The van der Waals surface area contributed by atoms with Gasteiger partial charge in [-0.1, -0.05) is 155 Å².